The first-order chi connectivity index (χ1) is 34.8. The average Bonchev–Trinajstić information content (AvgIpc) is 3.83. The third-order valence-electron chi connectivity index (χ3n) is 15.6. The monoisotopic (exact) mass is 1010 g/mol. The molecule has 2 heterocycles. The van der Waals surface area contributed by atoms with E-state index in [-0.39, 0.29) is 42.6 Å². The molecule has 2 aliphatic carbocycles. The maximum atomic E-state index is 16.1. The summed E-state index contributed by atoms with van der Waals surface area (Å²) in [7, 11) is 6.57. The molecule has 0 saturated heterocycles. The van der Waals surface area contributed by atoms with E-state index in [1.165, 1.54) is 27.2 Å². The number of methoxy groups -OCH3 is 1. The Morgan fingerprint density at radius 3 is 2.49 bits per heavy atom. The highest BCUT2D eigenvalue weighted by Gasteiger charge is 2.45. The molecule has 380 valence electrons. The molecule has 0 spiro atoms. The van der Waals surface area contributed by atoms with Crippen LogP contribution < -0.4 is 25.1 Å². The normalized spacial score (nSPS) is 21.9. The molecule has 5 atom stereocenters. The number of rotatable bonds is 15. The van der Waals surface area contributed by atoms with Crippen LogP contribution >= 0.6 is 21.6 Å². The second kappa shape index (κ2) is 22.0. The second-order valence-corrected chi connectivity index (χ2v) is 22.9. The van der Waals surface area contributed by atoms with Gasteiger partial charge in [-0.3, -0.25) is 10.1 Å². The number of phenolic OH excluding ortho intramolecular Hbond substituents is 3. The first-order valence-electron chi connectivity index (χ1n) is 25.3. The minimum absolute atomic E-state index is 0.0266. The molecule has 5 aromatic carbocycles. The van der Waals surface area contributed by atoms with E-state index >= 15 is 4.79 Å². The quantitative estimate of drug-likeness (QED) is 0.0383. The van der Waals surface area contributed by atoms with Crippen molar-refractivity contribution in [1.29, 1.82) is 0 Å². The zero-order valence-electron chi connectivity index (χ0n) is 41.7. The summed E-state index contributed by atoms with van der Waals surface area (Å²) >= 11 is 0. The topological polar surface area (TPSA) is 175 Å². The number of benzene rings is 5. The Hall–Kier alpha value is -5.41. The van der Waals surface area contributed by atoms with Gasteiger partial charge in [0, 0.05) is 41.8 Å². The van der Waals surface area contributed by atoms with Crippen LogP contribution in [0.5, 0.6) is 28.7 Å². The van der Waals surface area contributed by atoms with Gasteiger partial charge < -0.3 is 45.3 Å². The lowest BCUT2D eigenvalue weighted by Crippen LogP contribution is -2.43. The van der Waals surface area contributed by atoms with Crippen LogP contribution in [0.2, 0.25) is 0 Å². The minimum Gasteiger partial charge on any atom is -0.670 e. The molecule has 13 heteroatoms. The molecule has 7 N–H and O–H groups in total. The van der Waals surface area contributed by atoms with Crippen molar-refractivity contribution in [2.75, 3.05) is 33.2 Å². The van der Waals surface area contributed by atoms with Crippen molar-refractivity contribution in [3.05, 3.63) is 160 Å². The van der Waals surface area contributed by atoms with Crippen LogP contribution in [-0.4, -0.2) is 76.2 Å². The molecule has 1 aromatic heterocycles. The largest absolute Gasteiger partial charge is 0.670 e. The van der Waals surface area contributed by atoms with Gasteiger partial charge in [0.05, 0.1) is 29.5 Å². The first-order valence-corrected chi connectivity index (χ1v) is 27.7. The number of hydrogen-bond donors (Lipinski definition) is 7. The zero-order chi connectivity index (χ0) is 50.6. The van der Waals surface area contributed by atoms with Crippen LogP contribution in [0.1, 0.15) is 108 Å². The highest BCUT2D eigenvalue weighted by Crippen LogP contribution is 2.53. The number of carbonyl (C=O) groups excluding carboxylic acids is 1. The summed E-state index contributed by atoms with van der Waals surface area (Å²) in [6, 6.07) is 27.2. The van der Waals surface area contributed by atoms with Crippen molar-refractivity contribution in [3.8, 4) is 28.7 Å². The Morgan fingerprint density at radius 2 is 1.72 bits per heavy atom. The number of Topliss-reactive ketones (excluding diaryl/α,β-unsaturated/α-hetero) is 1. The van der Waals surface area contributed by atoms with E-state index in [1.807, 2.05) is 55.6 Å². The van der Waals surface area contributed by atoms with Gasteiger partial charge in [0.15, 0.2) is 23.0 Å². The number of aryl methyl sites for hydroxylation is 1. The predicted octanol–water partition coefficient (Wildman–Crippen LogP) is 10.0. The summed E-state index contributed by atoms with van der Waals surface area (Å²) < 4.78 is 12.3. The van der Waals surface area contributed by atoms with E-state index in [0.29, 0.717) is 48.6 Å². The van der Waals surface area contributed by atoms with Crippen LogP contribution in [0.3, 0.4) is 0 Å². The number of nitrogens with zero attached hydrogens (tertiary/aromatic N) is 1. The molecule has 9 rings (SSSR count). The highest BCUT2D eigenvalue weighted by atomic mass is 33.1. The van der Waals surface area contributed by atoms with Crippen LogP contribution in [0, 0.1) is 5.92 Å². The van der Waals surface area contributed by atoms with Crippen LogP contribution in [0.25, 0.3) is 10.8 Å². The lowest BCUT2D eigenvalue weighted by Gasteiger charge is -2.39. The number of aliphatic hydroxyl groups excluding tert-OH is 1. The fourth-order valence-electron chi connectivity index (χ4n) is 11.6. The van der Waals surface area contributed by atoms with Crippen molar-refractivity contribution in [3.63, 3.8) is 0 Å². The third-order valence-corrected chi connectivity index (χ3v) is 18.4. The van der Waals surface area contributed by atoms with Crippen LogP contribution in [-0.2, 0) is 47.9 Å². The maximum absolute atomic E-state index is 16.1. The third kappa shape index (κ3) is 10.7. The molecule has 0 radical (unpaired) electrons. The van der Waals surface area contributed by atoms with Gasteiger partial charge in [-0.05, 0) is 127 Å². The number of allylic oxidation sites excluding steroid dienone is 1. The molecular weight excluding hydrogens is 943 g/mol. The number of nitrogens with one attached hydrogen (secondary N) is 2. The van der Waals surface area contributed by atoms with Crippen molar-refractivity contribution >= 4 is 38.1 Å². The van der Waals surface area contributed by atoms with Crippen molar-refractivity contribution < 1.29 is 39.8 Å². The van der Waals surface area contributed by atoms with Crippen molar-refractivity contribution in [2.24, 2.45) is 5.92 Å². The summed E-state index contributed by atoms with van der Waals surface area (Å²) in [5.41, 5.74) is 5.16. The average molecular weight is 1010 g/mol. The number of phenols is 3. The van der Waals surface area contributed by atoms with Gasteiger partial charge in [-0.2, -0.15) is 12.4 Å². The molecular formula is C59H68N3O8S2-. The first kappa shape index (κ1) is 51.5. The number of ether oxygens (including phenoxy) is 2. The van der Waals surface area contributed by atoms with Gasteiger partial charge in [0.25, 0.3) is 0 Å². The van der Waals surface area contributed by atoms with E-state index in [0.717, 1.165) is 88.2 Å². The molecule has 5 unspecified atom stereocenters. The molecule has 6 aromatic rings. The number of aliphatic hydroxyl groups is 2. The fourth-order valence-corrected chi connectivity index (χ4v) is 14.5. The Balaban J connectivity index is 1.15. The lowest BCUT2D eigenvalue weighted by atomic mass is 9.68. The molecule has 1 fully saturated rings. The summed E-state index contributed by atoms with van der Waals surface area (Å²) in [5, 5.41) is 67.2. The Labute approximate surface area is 431 Å². The van der Waals surface area contributed by atoms with Gasteiger partial charge in [0.1, 0.15) is 18.3 Å². The van der Waals surface area contributed by atoms with Crippen LogP contribution in [0.15, 0.2) is 109 Å². The fraction of sp³-hybridized carbons (Fsp3) is 0.407. The molecule has 1 aliphatic heterocycles. The molecule has 0 bridgehead atoms. The number of aromatic nitrogens is 1. The smallest absolute Gasteiger partial charge is 0.167 e. The standard InChI is InChI=1S/C59H68N3O8S2/c1-5-38-13-14-39-11-7-8-12-46(39)47(38)30-48-40(15-17-49(64)55(48)69-4)26-42(25-37-20-24-61-33-37)51(66)31-53(67)58(43-27-44(29-45(63)28-43)59(60-3)21-9-6-10-22-59)23-19-52-54-41(32-58)16-18-50(65)56(54)70-36-62-34-57(2,68)35-71-72-52/h7-8,11-20,23-24,27-29,33,42,51-52,60,62-66,68H,5-6,9-10,21-22,25-26,30-32,34-36H2,1-4H3/q-1. The molecule has 72 heavy (non-hydrogen) atoms. The number of carbonyl (C=O) groups is 1. The molecule has 1 saturated carbocycles. The second-order valence-electron chi connectivity index (χ2n) is 20.4. The van der Waals surface area contributed by atoms with E-state index in [9.17, 15) is 25.5 Å². The Kier molecular flexibility index (Phi) is 15.7. The van der Waals surface area contributed by atoms with Crippen molar-refractivity contribution in [1.82, 2.24) is 15.6 Å². The SMILES string of the molecule is CCc1ccc2ccccc2c1Cc1c(CC(Cc2cc[n-]c2)C(O)CC(=O)C2(c3cc(O)cc(C4(NC)CCCCC4)c3)C=CC3SSCC(C)(O)CNCOc4c(O)ccc(c43)C2)ccc(O)c1OC. The van der Waals surface area contributed by atoms with Gasteiger partial charge in [-0.1, -0.05) is 126 Å². The van der Waals surface area contributed by atoms with E-state index in [2.05, 4.69) is 52.9 Å². The number of fused-ring (bicyclic) bond motifs is 1. The maximum Gasteiger partial charge on any atom is 0.167 e. The summed E-state index contributed by atoms with van der Waals surface area (Å²) in [6.07, 6.45) is 13.3. The zero-order valence-corrected chi connectivity index (χ0v) is 43.4. The number of β-amino-alcohol motifs (C(OH)–C–C–N with tert-alkyl or cyclic N) is 1. The molecule has 3 aliphatic rings. The number of hydrogen-bond acceptors (Lipinski definition) is 12. The lowest BCUT2D eigenvalue weighted by molar-refractivity contribution is -0.125. The number of aromatic hydroxyl groups is 3. The highest BCUT2D eigenvalue weighted by molar-refractivity contribution is 8.76. The number of ketones is 1. The van der Waals surface area contributed by atoms with Gasteiger partial charge in [-0.15, -0.1) is 0 Å². The minimum atomic E-state index is -1.40. The Bertz CT molecular complexity index is 2910. The molecule has 11 nitrogen and oxygen atoms in total. The Morgan fingerprint density at radius 1 is 0.944 bits per heavy atom. The molecule has 0 amide bonds. The summed E-state index contributed by atoms with van der Waals surface area (Å²) in [4.78, 5) is 20.4. The van der Waals surface area contributed by atoms with E-state index in [1.54, 1.807) is 44.6 Å². The van der Waals surface area contributed by atoms with Gasteiger partial charge in [-0.25, -0.2) is 0 Å². The van der Waals surface area contributed by atoms with E-state index in [4.69, 9.17) is 9.47 Å². The van der Waals surface area contributed by atoms with E-state index < -0.39 is 33.8 Å². The van der Waals surface area contributed by atoms with Gasteiger partial charge >= 0.3 is 0 Å². The summed E-state index contributed by atoms with van der Waals surface area (Å²) in [6.45, 7) is 4.25. The van der Waals surface area contributed by atoms with Gasteiger partial charge in [0.2, 0.25) is 0 Å². The van der Waals surface area contributed by atoms with Crippen LogP contribution in [0.4, 0.5) is 0 Å². The predicted molar refractivity (Wildman–Crippen MR) is 289 cm³/mol. The summed E-state index contributed by atoms with van der Waals surface area (Å²) in [5.74, 6) is 0.422. The van der Waals surface area contributed by atoms with Crippen molar-refractivity contribution in [2.45, 2.75) is 112 Å².